The summed E-state index contributed by atoms with van der Waals surface area (Å²) in [6, 6.07) is 9.66. The lowest BCUT2D eigenvalue weighted by atomic mass is 10.0. The van der Waals surface area contributed by atoms with E-state index in [2.05, 4.69) is 10.8 Å². The molecule has 1 heterocycles. The maximum atomic E-state index is 10.7. The van der Waals surface area contributed by atoms with Crippen molar-refractivity contribution in [3.63, 3.8) is 0 Å². The van der Waals surface area contributed by atoms with Gasteiger partial charge in [0.1, 0.15) is 6.04 Å². The number of nitrogens with one attached hydrogen (secondary N) is 2. The minimum Gasteiger partial charge on any atom is -0.480 e. The minimum atomic E-state index is -0.779. The van der Waals surface area contributed by atoms with Crippen molar-refractivity contribution in [2.45, 2.75) is 31.5 Å². The molecule has 2 atom stereocenters. The number of hydrogen-bond acceptors (Lipinski definition) is 4. The van der Waals surface area contributed by atoms with Gasteiger partial charge in [0, 0.05) is 12.6 Å². The maximum absolute atomic E-state index is 10.7. The van der Waals surface area contributed by atoms with Crippen LogP contribution < -0.4 is 10.8 Å². The lowest BCUT2D eigenvalue weighted by Crippen LogP contribution is -2.50. The molecule has 3 N–H and O–H groups in total. The van der Waals surface area contributed by atoms with E-state index in [1.165, 1.54) is 0 Å². The van der Waals surface area contributed by atoms with Crippen molar-refractivity contribution in [3.8, 4) is 0 Å². The predicted molar refractivity (Wildman–Crippen MR) is 66.8 cm³/mol. The number of piperidine rings is 1. The predicted octanol–water partition coefficient (Wildman–Crippen LogP) is 0.913. The highest BCUT2D eigenvalue weighted by Crippen LogP contribution is 2.09. The number of hydroxylamine groups is 1. The smallest absolute Gasteiger partial charge is 0.320 e. The van der Waals surface area contributed by atoms with Gasteiger partial charge in [-0.05, 0) is 18.4 Å². The fourth-order valence-electron chi connectivity index (χ4n) is 1.98. The standard InChI is InChI=1S/C13H18N2O3/c16-13(17)12-7-6-11(8-14-12)15-18-9-10-4-2-1-3-5-10/h1-5,11-12,14-15H,6-9H2,(H,16,17)/t11-,12?/m1/s1. The molecule has 5 nitrogen and oxygen atoms in total. The molecular weight excluding hydrogens is 232 g/mol. The number of benzene rings is 1. The normalized spacial score (nSPS) is 23.8. The molecular formula is C13H18N2O3. The van der Waals surface area contributed by atoms with E-state index in [4.69, 9.17) is 9.94 Å². The van der Waals surface area contributed by atoms with E-state index >= 15 is 0 Å². The SMILES string of the molecule is O=C(O)C1CC[C@@H](NOCc2ccccc2)CN1. The summed E-state index contributed by atoms with van der Waals surface area (Å²) in [6.45, 7) is 1.13. The lowest BCUT2D eigenvalue weighted by molar-refractivity contribution is -0.140. The van der Waals surface area contributed by atoms with E-state index in [-0.39, 0.29) is 6.04 Å². The lowest BCUT2D eigenvalue weighted by Gasteiger charge is -2.27. The molecule has 18 heavy (non-hydrogen) atoms. The second-order valence-corrected chi connectivity index (χ2v) is 4.47. The van der Waals surface area contributed by atoms with Gasteiger partial charge < -0.3 is 10.4 Å². The number of rotatable bonds is 5. The molecule has 0 radical (unpaired) electrons. The van der Waals surface area contributed by atoms with Crippen LogP contribution in [-0.4, -0.2) is 29.7 Å². The highest BCUT2D eigenvalue weighted by molar-refractivity contribution is 5.73. The van der Waals surface area contributed by atoms with Crippen LogP contribution in [0.15, 0.2) is 30.3 Å². The Bertz CT molecular complexity index is 375. The topological polar surface area (TPSA) is 70.6 Å². The molecule has 0 saturated carbocycles. The molecule has 1 saturated heterocycles. The van der Waals surface area contributed by atoms with Crippen LogP contribution in [0.4, 0.5) is 0 Å². The van der Waals surface area contributed by atoms with Crippen LogP contribution in [-0.2, 0) is 16.2 Å². The van der Waals surface area contributed by atoms with Crippen LogP contribution in [0.1, 0.15) is 18.4 Å². The van der Waals surface area contributed by atoms with Gasteiger partial charge in [-0.3, -0.25) is 9.63 Å². The number of hydrogen-bond donors (Lipinski definition) is 3. The minimum absolute atomic E-state index is 0.171. The zero-order chi connectivity index (χ0) is 12.8. The fraction of sp³-hybridized carbons (Fsp3) is 0.462. The Morgan fingerprint density at radius 2 is 2.17 bits per heavy atom. The average Bonchev–Trinajstić information content (AvgIpc) is 2.40. The quantitative estimate of drug-likeness (QED) is 0.678. The van der Waals surface area contributed by atoms with E-state index in [0.717, 1.165) is 12.0 Å². The molecule has 1 aliphatic heterocycles. The van der Waals surface area contributed by atoms with Crippen LogP contribution in [0.5, 0.6) is 0 Å². The summed E-state index contributed by atoms with van der Waals surface area (Å²) in [4.78, 5) is 16.2. The van der Waals surface area contributed by atoms with Gasteiger partial charge in [0.25, 0.3) is 0 Å². The second kappa shape index (κ2) is 6.49. The fourth-order valence-corrected chi connectivity index (χ4v) is 1.98. The van der Waals surface area contributed by atoms with Crippen molar-refractivity contribution in [1.29, 1.82) is 0 Å². The highest BCUT2D eigenvalue weighted by Gasteiger charge is 2.25. The third kappa shape index (κ3) is 3.80. The Morgan fingerprint density at radius 1 is 1.39 bits per heavy atom. The first-order chi connectivity index (χ1) is 8.75. The third-order valence-electron chi connectivity index (χ3n) is 3.04. The summed E-state index contributed by atoms with van der Waals surface area (Å²) >= 11 is 0. The maximum Gasteiger partial charge on any atom is 0.320 e. The van der Waals surface area contributed by atoms with Crippen LogP contribution in [0, 0.1) is 0 Å². The van der Waals surface area contributed by atoms with Crippen molar-refractivity contribution in [1.82, 2.24) is 10.8 Å². The van der Waals surface area contributed by atoms with Gasteiger partial charge in [-0.25, -0.2) is 0 Å². The summed E-state index contributed by atoms with van der Waals surface area (Å²) in [6.07, 6.45) is 1.43. The summed E-state index contributed by atoms with van der Waals surface area (Å²) in [7, 11) is 0. The Hall–Kier alpha value is -1.43. The van der Waals surface area contributed by atoms with Crippen molar-refractivity contribution in [2.24, 2.45) is 0 Å². The van der Waals surface area contributed by atoms with Gasteiger partial charge in [0.2, 0.25) is 0 Å². The number of carboxylic acid groups (broad SMARTS) is 1. The summed E-state index contributed by atoms with van der Waals surface area (Å²) < 4.78 is 0. The van der Waals surface area contributed by atoms with Gasteiger partial charge in [-0.1, -0.05) is 30.3 Å². The van der Waals surface area contributed by atoms with E-state index in [1.54, 1.807) is 0 Å². The first-order valence-electron chi connectivity index (χ1n) is 6.13. The van der Waals surface area contributed by atoms with Crippen molar-refractivity contribution < 1.29 is 14.7 Å². The molecule has 0 aliphatic carbocycles. The number of carbonyl (C=O) groups is 1. The number of aliphatic carboxylic acids is 1. The third-order valence-corrected chi connectivity index (χ3v) is 3.04. The molecule has 1 aromatic carbocycles. The molecule has 98 valence electrons. The van der Waals surface area contributed by atoms with E-state index in [1.807, 2.05) is 30.3 Å². The molecule has 0 amide bonds. The molecule has 0 bridgehead atoms. The van der Waals surface area contributed by atoms with Crippen molar-refractivity contribution in [2.75, 3.05) is 6.54 Å². The second-order valence-electron chi connectivity index (χ2n) is 4.47. The summed E-state index contributed by atoms with van der Waals surface area (Å²) in [5.74, 6) is -0.779. The Kier molecular flexibility index (Phi) is 4.69. The molecule has 1 aliphatic rings. The van der Waals surface area contributed by atoms with Gasteiger partial charge in [0.15, 0.2) is 0 Å². The Labute approximate surface area is 106 Å². The van der Waals surface area contributed by atoms with Crippen LogP contribution >= 0.6 is 0 Å². The van der Waals surface area contributed by atoms with Crippen molar-refractivity contribution >= 4 is 5.97 Å². The van der Waals surface area contributed by atoms with Crippen LogP contribution in [0.25, 0.3) is 0 Å². The van der Waals surface area contributed by atoms with Crippen molar-refractivity contribution in [3.05, 3.63) is 35.9 Å². The van der Waals surface area contributed by atoms with E-state index in [0.29, 0.717) is 19.6 Å². The summed E-state index contributed by atoms with van der Waals surface area (Å²) in [5, 5.41) is 11.8. The molecule has 0 aromatic heterocycles. The van der Waals surface area contributed by atoms with Gasteiger partial charge in [0.05, 0.1) is 6.61 Å². The first kappa shape index (κ1) is 13.0. The average molecular weight is 250 g/mol. The molecule has 5 heteroatoms. The largest absolute Gasteiger partial charge is 0.480 e. The number of carboxylic acids is 1. The first-order valence-corrected chi connectivity index (χ1v) is 6.13. The zero-order valence-electron chi connectivity index (χ0n) is 10.1. The molecule has 1 aromatic rings. The Balaban J connectivity index is 1.65. The van der Waals surface area contributed by atoms with Crippen LogP contribution in [0.3, 0.4) is 0 Å². The van der Waals surface area contributed by atoms with E-state index < -0.39 is 12.0 Å². The van der Waals surface area contributed by atoms with Crippen LogP contribution in [0.2, 0.25) is 0 Å². The zero-order valence-corrected chi connectivity index (χ0v) is 10.1. The Morgan fingerprint density at radius 3 is 2.78 bits per heavy atom. The molecule has 2 rings (SSSR count). The van der Waals surface area contributed by atoms with E-state index in [9.17, 15) is 4.79 Å². The highest BCUT2D eigenvalue weighted by atomic mass is 16.6. The van der Waals surface area contributed by atoms with Gasteiger partial charge >= 0.3 is 5.97 Å². The summed E-state index contributed by atoms with van der Waals surface area (Å²) in [5.41, 5.74) is 4.08. The molecule has 0 spiro atoms. The molecule has 1 unspecified atom stereocenters. The monoisotopic (exact) mass is 250 g/mol. The van der Waals surface area contributed by atoms with Gasteiger partial charge in [-0.15, -0.1) is 0 Å². The van der Waals surface area contributed by atoms with Gasteiger partial charge in [-0.2, -0.15) is 5.48 Å². The molecule has 1 fully saturated rings.